The minimum atomic E-state index is -0.505. The Morgan fingerprint density at radius 2 is 0.950 bits per heavy atom. The summed E-state index contributed by atoms with van der Waals surface area (Å²) in [5.41, 5.74) is 23.2. The molecule has 0 amide bonds. The fraction of sp³-hybridized carbons (Fsp3) is 0.286. The average Bonchev–Trinajstić information content (AvgIpc) is 1.59. The van der Waals surface area contributed by atoms with E-state index in [9.17, 15) is 25.0 Å². The molecule has 518 valence electrons. The lowest BCUT2D eigenvalue weighted by Gasteiger charge is -2.27. The molecule has 0 spiro atoms. The topological polar surface area (TPSA) is 365 Å². The molecule has 5 aliphatic heterocycles. The number of halogens is 1. The number of nitro groups is 2. The molecule has 0 radical (unpaired) electrons. The number of morpholine rings is 2. The number of aldehydes is 1. The van der Waals surface area contributed by atoms with Gasteiger partial charge in [-0.05, 0) is 98.8 Å². The van der Waals surface area contributed by atoms with Crippen molar-refractivity contribution in [3.05, 3.63) is 205 Å². The van der Waals surface area contributed by atoms with Crippen molar-refractivity contribution in [1.82, 2.24) is 39.5 Å². The van der Waals surface area contributed by atoms with Gasteiger partial charge in [0.25, 0.3) is 11.4 Å². The fourth-order valence-corrected chi connectivity index (χ4v) is 10.8. The number of nitrogens with one attached hydrogen (secondary N) is 1. The number of hydrogen-bond donors (Lipinski definition) is 4. The second kappa shape index (κ2) is 34.7. The van der Waals surface area contributed by atoms with Crippen LogP contribution in [0.2, 0.25) is 5.15 Å². The van der Waals surface area contributed by atoms with E-state index in [1.165, 1.54) is 36.4 Å². The number of nitrogens with two attached hydrogens (primary N) is 2. The molecule has 0 atom stereocenters. The van der Waals surface area contributed by atoms with E-state index in [1.807, 2.05) is 91.9 Å². The molecule has 30 heteroatoms. The van der Waals surface area contributed by atoms with E-state index in [2.05, 4.69) is 81.7 Å². The van der Waals surface area contributed by atoms with E-state index in [-0.39, 0.29) is 18.0 Å². The Bertz CT molecular complexity index is 4540. The number of fused-ring (bicyclic) bond motifs is 2. The highest BCUT2D eigenvalue weighted by atomic mass is 35.5. The van der Waals surface area contributed by atoms with E-state index in [0.29, 0.717) is 107 Å². The number of carbonyl (C=O) groups excluding carboxylic acids is 1. The quantitative estimate of drug-likeness (QED) is 0.0274. The van der Waals surface area contributed by atoms with Gasteiger partial charge in [0.1, 0.15) is 37.1 Å². The summed E-state index contributed by atoms with van der Waals surface area (Å²) in [7, 11) is 3.92. The lowest BCUT2D eigenvalue weighted by atomic mass is 10.1. The number of anilines is 5. The first kappa shape index (κ1) is 71.4. The highest BCUT2D eigenvalue weighted by Gasteiger charge is 2.21. The van der Waals surface area contributed by atoms with Crippen LogP contribution in [0, 0.1) is 34.1 Å². The van der Waals surface area contributed by atoms with E-state index in [4.69, 9.17) is 66.8 Å². The first-order chi connectivity index (χ1) is 48.5. The standard InChI is InChI=1S/C26H27N7O2.C17H18ClN5O.C9H8N2O3.C9H10N2O.C7H5NO3.C2H7NO/c1-17-21-8-5-19(15-23(21)32(2)31-17)22-16-24(30-26(29-22)33-10-13-34-14-11-33)28-20-6-3-18(4-7-20)25-27-9-12-35-25;1-11-13-4-3-12(9-15(13)22(2)21-11)14-10-16(18)20-17(19-14)23-5-7-24-8-6-23;12-11(13)8-3-1-7(2-4-8)9-10-5-6-14-9;10-8-3-1-7(2-4-8)9-11-5-6-12-9;9-5-6-1-3-7(4-2-6)8(10)11;3-1-2-4/h3-8,15-16H,9-14H2,1-2H3,(H,28,29,30);3-4,9-10H,5-8H2,1-2H3;1-4H,5-6H2;1-4H,5-6,10H2;1-5H;4H,1-3H2. The van der Waals surface area contributed by atoms with Gasteiger partial charge >= 0.3 is 0 Å². The normalized spacial score (nSPS) is 14.4. The molecule has 10 aromatic rings. The maximum atomic E-state index is 10.4. The predicted molar refractivity (Wildman–Crippen MR) is 384 cm³/mol. The van der Waals surface area contributed by atoms with Gasteiger partial charge in [-0.15, -0.1) is 0 Å². The summed E-state index contributed by atoms with van der Waals surface area (Å²) >= 11 is 6.25. The number of benzene rings is 6. The number of ether oxygens (including phenoxy) is 5. The zero-order valence-electron chi connectivity index (χ0n) is 55.5. The Labute approximate surface area is 580 Å². The number of aromatic nitrogens is 8. The SMILES string of the molecule is Cc1nn(C)c2cc(-c3cc(Cl)nc(N4CCOCC4)n3)ccc12.Cc1nn(C)c2cc(-c3cc(Nc4ccc(C5=NCCO5)cc4)nc(N4CCOCC4)n3)ccc12.NCCO.Nc1ccc(C2=NCCO2)cc1.O=Cc1ccc([N+](=O)[O-])cc1.O=[N+]([O-])c1ccc(C2=NCCO2)cc1. The number of aliphatic imine (C=N–C) groups is 3. The summed E-state index contributed by atoms with van der Waals surface area (Å²) in [5.74, 6) is 4.09. The van der Waals surface area contributed by atoms with Gasteiger partial charge in [-0.3, -0.25) is 34.4 Å². The van der Waals surface area contributed by atoms with Crippen LogP contribution in [0.3, 0.4) is 0 Å². The second-order valence-corrected chi connectivity index (χ2v) is 23.0. The summed E-state index contributed by atoms with van der Waals surface area (Å²) in [4.78, 5) is 65.5. The van der Waals surface area contributed by atoms with Crippen LogP contribution in [0.15, 0.2) is 161 Å². The fourth-order valence-electron chi connectivity index (χ4n) is 10.6. The van der Waals surface area contributed by atoms with Crippen LogP contribution in [-0.2, 0) is 37.8 Å². The minimum absolute atomic E-state index is 0.00407. The maximum Gasteiger partial charge on any atom is 0.269 e. The number of non-ortho nitro benzene ring substituents is 2. The van der Waals surface area contributed by atoms with Crippen LogP contribution >= 0.6 is 11.6 Å². The molecule has 15 rings (SSSR count). The number of nitrogen functional groups attached to an aromatic ring is 1. The van der Waals surface area contributed by atoms with Crippen molar-refractivity contribution in [2.24, 2.45) is 34.8 Å². The van der Waals surface area contributed by atoms with Gasteiger partial charge in [0.15, 0.2) is 0 Å². The van der Waals surface area contributed by atoms with E-state index >= 15 is 0 Å². The molecule has 4 aromatic heterocycles. The zero-order chi connectivity index (χ0) is 70.5. The van der Waals surface area contributed by atoms with Crippen LogP contribution in [0.5, 0.6) is 0 Å². The largest absolute Gasteiger partial charge is 0.476 e. The Morgan fingerprint density at radius 3 is 1.36 bits per heavy atom. The molecule has 0 saturated carbocycles. The van der Waals surface area contributed by atoms with Gasteiger partial charge in [0, 0.05) is 139 Å². The molecular formula is C70H75ClN18O11. The van der Waals surface area contributed by atoms with E-state index in [1.54, 1.807) is 18.2 Å². The second-order valence-electron chi connectivity index (χ2n) is 22.6. The highest BCUT2D eigenvalue weighted by Crippen LogP contribution is 2.31. The number of aliphatic hydroxyl groups excluding tert-OH is 1. The molecule has 2 fully saturated rings. The number of nitro benzene ring substituents is 2. The van der Waals surface area contributed by atoms with Crippen molar-refractivity contribution in [2.75, 3.05) is 126 Å². The number of aryl methyl sites for hydroxylation is 4. The van der Waals surface area contributed by atoms with Crippen molar-refractivity contribution in [1.29, 1.82) is 0 Å². The first-order valence-electron chi connectivity index (χ1n) is 32.0. The summed E-state index contributed by atoms with van der Waals surface area (Å²) in [6.07, 6.45) is 0.643. The minimum Gasteiger partial charge on any atom is -0.476 e. The Hall–Kier alpha value is -11.4. The van der Waals surface area contributed by atoms with Crippen molar-refractivity contribution >= 4 is 97.9 Å². The monoisotopic (exact) mass is 1380 g/mol. The average molecular weight is 1380 g/mol. The van der Waals surface area contributed by atoms with E-state index in [0.717, 1.165) is 128 Å². The lowest BCUT2D eigenvalue weighted by molar-refractivity contribution is -0.385. The number of nitrogens with zero attached hydrogens (tertiary/aromatic N) is 15. The molecule has 100 heavy (non-hydrogen) atoms. The molecule has 2 saturated heterocycles. The number of rotatable bonds is 13. The Morgan fingerprint density at radius 1 is 0.550 bits per heavy atom. The van der Waals surface area contributed by atoms with Crippen LogP contribution < -0.4 is 26.6 Å². The summed E-state index contributed by atoms with van der Waals surface area (Å²) < 4.78 is 30.8. The van der Waals surface area contributed by atoms with Gasteiger partial charge in [-0.1, -0.05) is 35.9 Å². The summed E-state index contributed by atoms with van der Waals surface area (Å²) in [6.45, 7) is 14.4. The number of aliphatic hydroxyl groups is 1. The van der Waals surface area contributed by atoms with Gasteiger partial charge in [0.05, 0.1) is 96.3 Å². The molecule has 9 heterocycles. The molecular weight excluding hydrogens is 1300 g/mol. The molecule has 5 aliphatic rings. The van der Waals surface area contributed by atoms with Crippen molar-refractivity contribution in [2.45, 2.75) is 13.8 Å². The summed E-state index contributed by atoms with van der Waals surface area (Å²) in [6, 6.07) is 43.5. The molecule has 0 bridgehead atoms. The zero-order valence-corrected chi connectivity index (χ0v) is 56.3. The summed E-state index contributed by atoms with van der Waals surface area (Å²) in [5, 5.41) is 43.5. The van der Waals surface area contributed by atoms with Crippen molar-refractivity contribution in [3.63, 3.8) is 0 Å². The van der Waals surface area contributed by atoms with Crippen molar-refractivity contribution in [3.8, 4) is 22.5 Å². The number of hydrogen-bond acceptors (Lipinski definition) is 25. The van der Waals surface area contributed by atoms with Crippen LogP contribution in [-0.4, -0.2) is 184 Å². The van der Waals surface area contributed by atoms with Crippen molar-refractivity contribution < 1.29 is 43.4 Å². The third-order valence-corrected chi connectivity index (χ3v) is 15.9. The molecule has 0 aliphatic carbocycles. The van der Waals surface area contributed by atoms with Crippen LogP contribution in [0.4, 0.5) is 40.5 Å². The molecule has 6 N–H and O–H groups in total. The molecule has 6 aromatic carbocycles. The first-order valence-corrected chi connectivity index (χ1v) is 32.4. The highest BCUT2D eigenvalue weighted by molar-refractivity contribution is 6.29. The number of carbonyl (C=O) groups is 1. The Balaban J connectivity index is 0.000000143. The molecule has 29 nitrogen and oxygen atoms in total. The predicted octanol–water partition coefficient (Wildman–Crippen LogP) is 9.29. The van der Waals surface area contributed by atoms with Crippen LogP contribution in [0.25, 0.3) is 44.3 Å². The third kappa shape index (κ3) is 19.0. The smallest absolute Gasteiger partial charge is 0.269 e. The Kier molecular flexibility index (Phi) is 24.8. The lowest BCUT2D eigenvalue weighted by Crippen LogP contribution is -2.37. The van der Waals surface area contributed by atoms with E-state index < -0.39 is 9.85 Å². The maximum absolute atomic E-state index is 10.4. The van der Waals surface area contributed by atoms with Crippen LogP contribution in [0.1, 0.15) is 38.4 Å². The van der Waals surface area contributed by atoms with Gasteiger partial charge in [0.2, 0.25) is 29.6 Å². The third-order valence-electron chi connectivity index (χ3n) is 15.7. The van der Waals surface area contributed by atoms with Gasteiger partial charge in [-0.2, -0.15) is 15.2 Å². The molecule has 0 unspecified atom stereocenters. The van der Waals surface area contributed by atoms with Gasteiger partial charge in [-0.25, -0.2) is 29.9 Å². The van der Waals surface area contributed by atoms with Gasteiger partial charge < -0.3 is 55.4 Å².